The van der Waals surface area contributed by atoms with Crippen LogP contribution in [0.4, 0.5) is 5.69 Å². The first-order chi connectivity index (χ1) is 13.1. The van der Waals surface area contributed by atoms with Crippen molar-refractivity contribution < 1.29 is 14.1 Å². The highest BCUT2D eigenvalue weighted by molar-refractivity contribution is 9.10. The molecule has 0 aliphatic heterocycles. The second kappa shape index (κ2) is 5.89. The van der Waals surface area contributed by atoms with E-state index in [-0.39, 0.29) is 11.7 Å². The summed E-state index contributed by atoms with van der Waals surface area (Å²) in [5, 5.41) is 7.54. The van der Waals surface area contributed by atoms with Gasteiger partial charge in [0.2, 0.25) is 0 Å². The molecule has 1 aliphatic rings. The zero-order valence-corrected chi connectivity index (χ0v) is 15.4. The topological polar surface area (TPSA) is 72.2 Å². The van der Waals surface area contributed by atoms with Gasteiger partial charge in [-0.05, 0) is 30.3 Å². The van der Waals surface area contributed by atoms with Crippen LogP contribution in [0.2, 0.25) is 0 Å². The molecule has 1 heterocycles. The van der Waals surface area contributed by atoms with Crippen molar-refractivity contribution in [2.24, 2.45) is 0 Å². The first-order valence-electron chi connectivity index (χ1n) is 8.27. The Kier molecular flexibility index (Phi) is 3.48. The average molecular weight is 419 g/mol. The molecular formula is C21H11BrN2O3. The fraction of sp³-hybridized carbons (Fsp3) is 0. The number of carbonyl (C=O) groups excluding carboxylic acids is 2. The summed E-state index contributed by atoms with van der Waals surface area (Å²) in [5.74, 6) is 0.114. The summed E-state index contributed by atoms with van der Waals surface area (Å²) in [5.41, 5.74) is 3.17. The van der Waals surface area contributed by atoms with Crippen LogP contribution in [0.5, 0.6) is 0 Å². The fourth-order valence-electron chi connectivity index (χ4n) is 3.40. The van der Waals surface area contributed by atoms with Gasteiger partial charge in [0.1, 0.15) is 5.52 Å². The molecular weight excluding hydrogens is 408 g/mol. The highest BCUT2D eigenvalue weighted by Crippen LogP contribution is 2.40. The van der Waals surface area contributed by atoms with Crippen LogP contribution < -0.4 is 5.32 Å². The Labute approximate surface area is 162 Å². The lowest BCUT2D eigenvalue weighted by atomic mass is 9.87. The van der Waals surface area contributed by atoms with E-state index in [1.165, 1.54) is 0 Å². The predicted octanol–water partition coefficient (Wildman–Crippen LogP) is 5.05. The molecule has 0 atom stereocenters. The second-order valence-electron chi connectivity index (χ2n) is 6.24. The molecule has 27 heavy (non-hydrogen) atoms. The lowest BCUT2D eigenvalue weighted by Crippen LogP contribution is -2.14. The number of carbonyl (C=O) groups is 2. The van der Waals surface area contributed by atoms with Gasteiger partial charge in [0.15, 0.2) is 11.5 Å². The zero-order chi connectivity index (χ0) is 18.5. The minimum atomic E-state index is -0.314. The van der Waals surface area contributed by atoms with Crippen LogP contribution in [0.15, 0.2) is 69.7 Å². The van der Waals surface area contributed by atoms with Crippen molar-refractivity contribution >= 4 is 44.2 Å². The second-order valence-corrected chi connectivity index (χ2v) is 7.15. The minimum absolute atomic E-state index is 0.0924. The van der Waals surface area contributed by atoms with Gasteiger partial charge in [-0.15, -0.1) is 0 Å². The van der Waals surface area contributed by atoms with Crippen LogP contribution in [0.1, 0.15) is 26.3 Å². The number of rotatable bonds is 2. The maximum atomic E-state index is 12.8. The molecule has 0 unspecified atom stereocenters. The third-order valence-electron chi connectivity index (χ3n) is 4.62. The standard InChI is InChI=1S/C21H11BrN2O3/c22-11-4-3-5-12(10-11)23-21(26)16-9-8-15-17-18(16)24-27-20(17)14-7-2-1-6-13(14)19(15)25/h1-10H,(H,23,26). The number of aromatic nitrogens is 1. The maximum absolute atomic E-state index is 12.8. The molecule has 1 aliphatic carbocycles. The Bertz CT molecular complexity index is 1260. The summed E-state index contributed by atoms with van der Waals surface area (Å²) in [6, 6.07) is 17.8. The third-order valence-corrected chi connectivity index (χ3v) is 5.11. The molecule has 1 N–H and O–H groups in total. The Balaban J connectivity index is 1.65. The summed E-state index contributed by atoms with van der Waals surface area (Å²) in [6.07, 6.45) is 0. The number of ketones is 1. The van der Waals surface area contributed by atoms with Gasteiger partial charge < -0.3 is 9.84 Å². The van der Waals surface area contributed by atoms with Gasteiger partial charge in [0, 0.05) is 26.9 Å². The summed E-state index contributed by atoms with van der Waals surface area (Å²) in [6.45, 7) is 0. The van der Waals surface area contributed by atoms with Crippen LogP contribution in [-0.4, -0.2) is 16.8 Å². The molecule has 4 aromatic rings. The molecule has 0 saturated carbocycles. The van der Waals surface area contributed by atoms with Crippen molar-refractivity contribution in [1.82, 2.24) is 5.16 Å². The Morgan fingerprint density at radius 2 is 1.78 bits per heavy atom. The molecule has 1 aromatic heterocycles. The molecule has 1 amide bonds. The summed E-state index contributed by atoms with van der Waals surface area (Å²) in [7, 11) is 0. The van der Waals surface area contributed by atoms with Crippen LogP contribution in [0.25, 0.3) is 22.2 Å². The van der Waals surface area contributed by atoms with Gasteiger partial charge in [-0.25, -0.2) is 0 Å². The van der Waals surface area contributed by atoms with E-state index in [0.29, 0.717) is 44.6 Å². The SMILES string of the molecule is O=C(Nc1cccc(Br)c1)c1ccc2c3c(onc13)-c1ccccc1C2=O. The van der Waals surface area contributed by atoms with Crippen LogP contribution in [0, 0.1) is 0 Å². The van der Waals surface area contributed by atoms with Crippen molar-refractivity contribution in [3.05, 3.63) is 81.8 Å². The van der Waals surface area contributed by atoms with Gasteiger partial charge >= 0.3 is 0 Å². The Morgan fingerprint density at radius 3 is 2.59 bits per heavy atom. The maximum Gasteiger partial charge on any atom is 0.258 e. The van der Waals surface area contributed by atoms with E-state index in [0.717, 1.165) is 4.47 Å². The summed E-state index contributed by atoms with van der Waals surface area (Å²) >= 11 is 3.38. The summed E-state index contributed by atoms with van der Waals surface area (Å²) in [4.78, 5) is 25.6. The molecule has 0 bridgehead atoms. The smallest absolute Gasteiger partial charge is 0.258 e. The zero-order valence-electron chi connectivity index (χ0n) is 13.8. The number of halogens is 1. The first-order valence-corrected chi connectivity index (χ1v) is 9.06. The van der Waals surface area contributed by atoms with E-state index in [1.54, 1.807) is 30.3 Å². The van der Waals surface area contributed by atoms with E-state index in [4.69, 9.17) is 4.52 Å². The summed E-state index contributed by atoms with van der Waals surface area (Å²) < 4.78 is 6.40. The Morgan fingerprint density at radius 1 is 0.963 bits per heavy atom. The monoisotopic (exact) mass is 418 g/mol. The van der Waals surface area contributed by atoms with Crippen molar-refractivity contribution in [2.75, 3.05) is 5.32 Å². The van der Waals surface area contributed by atoms with E-state index in [2.05, 4.69) is 26.4 Å². The van der Waals surface area contributed by atoms with Gasteiger partial charge in [0.25, 0.3) is 5.91 Å². The first kappa shape index (κ1) is 16.0. The molecule has 0 spiro atoms. The quantitative estimate of drug-likeness (QED) is 0.435. The van der Waals surface area contributed by atoms with Gasteiger partial charge in [-0.1, -0.05) is 51.4 Å². The molecule has 130 valence electrons. The highest BCUT2D eigenvalue weighted by atomic mass is 79.9. The van der Waals surface area contributed by atoms with E-state index in [9.17, 15) is 9.59 Å². The average Bonchev–Trinajstić information content (AvgIpc) is 3.11. The van der Waals surface area contributed by atoms with Gasteiger partial charge in [0.05, 0.1) is 10.9 Å². The molecule has 5 rings (SSSR count). The van der Waals surface area contributed by atoms with Crippen LogP contribution >= 0.6 is 15.9 Å². The van der Waals surface area contributed by atoms with E-state index >= 15 is 0 Å². The van der Waals surface area contributed by atoms with Crippen molar-refractivity contribution in [1.29, 1.82) is 0 Å². The van der Waals surface area contributed by atoms with Crippen molar-refractivity contribution in [2.45, 2.75) is 0 Å². The number of benzene rings is 3. The number of anilines is 1. The minimum Gasteiger partial charge on any atom is -0.355 e. The van der Waals surface area contributed by atoms with E-state index < -0.39 is 0 Å². The van der Waals surface area contributed by atoms with Gasteiger partial charge in [-0.3, -0.25) is 9.59 Å². The lowest BCUT2D eigenvalue weighted by Gasteiger charge is -2.14. The number of fused-ring (bicyclic) bond motifs is 2. The number of nitrogens with zero attached hydrogens (tertiary/aromatic N) is 1. The predicted molar refractivity (Wildman–Crippen MR) is 105 cm³/mol. The number of nitrogens with one attached hydrogen (secondary N) is 1. The normalized spacial score (nSPS) is 12.1. The largest absolute Gasteiger partial charge is 0.355 e. The highest BCUT2D eigenvalue weighted by Gasteiger charge is 2.30. The van der Waals surface area contributed by atoms with Crippen molar-refractivity contribution in [3.8, 4) is 11.3 Å². The molecule has 6 heteroatoms. The van der Waals surface area contributed by atoms with Crippen LogP contribution in [-0.2, 0) is 0 Å². The Hall–Kier alpha value is -3.25. The molecule has 0 radical (unpaired) electrons. The fourth-order valence-corrected chi connectivity index (χ4v) is 3.80. The van der Waals surface area contributed by atoms with Gasteiger partial charge in [-0.2, -0.15) is 0 Å². The lowest BCUT2D eigenvalue weighted by molar-refractivity contribution is 0.102. The van der Waals surface area contributed by atoms with Crippen LogP contribution in [0.3, 0.4) is 0 Å². The van der Waals surface area contributed by atoms with E-state index in [1.807, 2.05) is 30.3 Å². The van der Waals surface area contributed by atoms with Crippen molar-refractivity contribution in [3.63, 3.8) is 0 Å². The molecule has 3 aromatic carbocycles. The molecule has 0 fully saturated rings. The molecule has 5 nitrogen and oxygen atoms in total. The third kappa shape index (κ3) is 2.41. The number of amides is 1. The number of hydrogen-bond acceptors (Lipinski definition) is 4. The molecule has 0 saturated heterocycles. The number of hydrogen-bond donors (Lipinski definition) is 1.